The molecular formula is C10H15NO4. The minimum Gasteiger partial charge on any atom is -0.483 e. The van der Waals surface area contributed by atoms with Crippen molar-refractivity contribution in [1.82, 2.24) is 0 Å². The highest BCUT2D eigenvalue weighted by Crippen LogP contribution is 2.08. The van der Waals surface area contributed by atoms with E-state index in [1.807, 2.05) is 13.0 Å². The Balaban J connectivity index is 0. The molecule has 0 saturated carbocycles. The number of carbonyl (C=O) groups is 2. The lowest BCUT2D eigenvalue weighted by Crippen LogP contribution is -1.88. The molecule has 84 valence electrons. The van der Waals surface area contributed by atoms with Gasteiger partial charge < -0.3 is 15.9 Å². The molecule has 0 radical (unpaired) electrons. The SMILES string of the molecule is CO.Cc1cc(N)cc(C=O)c1.O=CO. The molecule has 0 spiro atoms. The van der Waals surface area contributed by atoms with Crippen LogP contribution in [0.3, 0.4) is 0 Å². The minimum atomic E-state index is -0.250. The lowest BCUT2D eigenvalue weighted by Gasteiger charge is -1.96. The number of hydrogen-bond acceptors (Lipinski definition) is 4. The molecule has 0 amide bonds. The molecule has 15 heavy (non-hydrogen) atoms. The van der Waals surface area contributed by atoms with Gasteiger partial charge in [0.15, 0.2) is 0 Å². The third-order valence-electron chi connectivity index (χ3n) is 1.26. The van der Waals surface area contributed by atoms with Crippen LogP contribution in [-0.2, 0) is 4.79 Å². The lowest BCUT2D eigenvalue weighted by atomic mass is 10.1. The van der Waals surface area contributed by atoms with Gasteiger partial charge in [0.25, 0.3) is 6.47 Å². The first kappa shape index (κ1) is 15.6. The standard InChI is InChI=1S/C8H9NO.CH2O2.CH4O/c1-6-2-7(5-10)4-8(9)3-6;2-1-3;1-2/h2-5H,9H2,1H3;1H,(H,2,3);2H,1H3. The summed E-state index contributed by atoms with van der Waals surface area (Å²) in [5.74, 6) is 0. The number of aryl methyl sites for hydroxylation is 1. The third-order valence-corrected chi connectivity index (χ3v) is 1.26. The van der Waals surface area contributed by atoms with Crippen molar-refractivity contribution >= 4 is 18.4 Å². The highest BCUT2D eigenvalue weighted by atomic mass is 16.3. The molecule has 0 unspecified atom stereocenters. The van der Waals surface area contributed by atoms with Crippen LogP contribution in [0.15, 0.2) is 18.2 Å². The van der Waals surface area contributed by atoms with E-state index in [0.717, 1.165) is 19.0 Å². The van der Waals surface area contributed by atoms with Crippen molar-refractivity contribution < 1.29 is 19.8 Å². The highest BCUT2D eigenvalue weighted by Gasteiger charge is 1.92. The van der Waals surface area contributed by atoms with Crippen LogP contribution < -0.4 is 5.73 Å². The van der Waals surface area contributed by atoms with Gasteiger partial charge >= 0.3 is 0 Å². The number of hydrogen-bond donors (Lipinski definition) is 3. The lowest BCUT2D eigenvalue weighted by molar-refractivity contribution is -0.122. The second kappa shape index (κ2) is 10.2. The zero-order valence-corrected chi connectivity index (χ0v) is 8.68. The second-order valence-corrected chi connectivity index (χ2v) is 2.40. The number of aliphatic hydroxyl groups excluding tert-OH is 1. The average Bonchev–Trinajstić information content (AvgIpc) is 2.20. The normalized spacial score (nSPS) is 7.40. The molecule has 0 aliphatic rings. The Bertz CT molecular complexity index is 279. The van der Waals surface area contributed by atoms with E-state index in [1.165, 1.54) is 0 Å². The van der Waals surface area contributed by atoms with E-state index < -0.39 is 0 Å². The molecule has 1 aromatic carbocycles. The van der Waals surface area contributed by atoms with Gasteiger partial charge in [-0.3, -0.25) is 9.59 Å². The van der Waals surface area contributed by atoms with Gasteiger partial charge in [-0.15, -0.1) is 0 Å². The molecule has 0 fully saturated rings. The summed E-state index contributed by atoms with van der Waals surface area (Å²) in [6.45, 7) is 1.66. The Labute approximate surface area is 88.2 Å². The number of anilines is 1. The van der Waals surface area contributed by atoms with Crippen LogP contribution in [0.2, 0.25) is 0 Å². The maximum Gasteiger partial charge on any atom is 0.290 e. The maximum absolute atomic E-state index is 10.3. The summed E-state index contributed by atoms with van der Waals surface area (Å²) in [5.41, 5.74) is 7.77. The molecule has 5 nitrogen and oxygen atoms in total. The van der Waals surface area contributed by atoms with Gasteiger partial charge in [-0.2, -0.15) is 0 Å². The Kier molecular flexibility index (Phi) is 10.6. The first-order valence-corrected chi connectivity index (χ1v) is 3.99. The van der Waals surface area contributed by atoms with Gasteiger partial charge in [0.1, 0.15) is 6.29 Å². The van der Waals surface area contributed by atoms with Crippen LogP contribution in [0, 0.1) is 6.92 Å². The predicted molar refractivity (Wildman–Crippen MR) is 57.8 cm³/mol. The van der Waals surface area contributed by atoms with E-state index in [-0.39, 0.29) is 6.47 Å². The van der Waals surface area contributed by atoms with Gasteiger partial charge in [-0.1, -0.05) is 0 Å². The molecule has 4 N–H and O–H groups in total. The van der Waals surface area contributed by atoms with Crippen molar-refractivity contribution in [2.45, 2.75) is 6.92 Å². The summed E-state index contributed by atoms with van der Waals surface area (Å²) in [6, 6.07) is 5.27. The van der Waals surface area contributed by atoms with Crippen molar-refractivity contribution in [2.75, 3.05) is 12.8 Å². The number of nitrogens with two attached hydrogens (primary N) is 1. The number of rotatable bonds is 1. The monoisotopic (exact) mass is 213 g/mol. The van der Waals surface area contributed by atoms with E-state index in [4.69, 9.17) is 20.7 Å². The van der Waals surface area contributed by atoms with Crippen LogP contribution in [0.1, 0.15) is 15.9 Å². The molecule has 0 aromatic heterocycles. The summed E-state index contributed by atoms with van der Waals surface area (Å²) in [6.07, 6.45) is 0.795. The topological polar surface area (TPSA) is 101 Å². The number of aldehydes is 1. The second-order valence-electron chi connectivity index (χ2n) is 2.40. The number of carboxylic acid groups (broad SMARTS) is 1. The average molecular weight is 213 g/mol. The molecule has 0 aliphatic carbocycles. The Morgan fingerprint density at radius 2 is 1.67 bits per heavy atom. The smallest absolute Gasteiger partial charge is 0.290 e. The van der Waals surface area contributed by atoms with Crippen LogP contribution in [0.4, 0.5) is 5.69 Å². The predicted octanol–water partition coefficient (Wildman–Crippen LogP) is 0.699. The summed E-state index contributed by atoms with van der Waals surface area (Å²) < 4.78 is 0. The third kappa shape index (κ3) is 8.45. The van der Waals surface area contributed by atoms with Crippen LogP contribution in [0.5, 0.6) is 0 Å². The van der Waals surface area contributed by atoms with E-state index in [2.05, 4.69) is 0 Å². The number of benzene rings is 1. The molecule has 5 heteroatoms. The molecular weight excluding hydrogens is 198 g/mol. The largest absolute Gasteiger partial charge is 0.483 e. The zero-order chi connectivity index (χ0) is 12.3. The number of aliphatic hydroxyl groups is 1. The van der Waals surface area contributed by atoms with E-state index in [9.17, 15) is 4.79 Å². The van der Waals surface area contributed by atoms with Crippen LogP contribution in [-0.4, -0.2) is 30.1 Å². The molecule has 1 aromatic rings. The van der Waals surface area contributed by atoms with E-state index >= 15 is 0 Å². The maximum atomic E-state index is 10.3. The summed E-state index contributed by atoms with van der Waals surface area (Å²) in [4.78, 5) is 18.6. The fourth-order valence-corrected chi connectivity index (χ4v) is 0.911. The van der Waals surface area contributed by atoms with Crippen molar-refractivity contribution in [3.8, 4) is 0 Å². The number of carbonyl (C=O) groups excluding carboxylic acids is 1. The Morgan fingerprint density at radius 3 is 2.00 bits per heavy atom. The first-order valence-electron chi connectivity index (χ1n) is 3.99. The first-order chi connectivity index (χ1) is 7.13. The fourth-order valence-electron chi connectivity index (χ4n) is 0.911. The minimum absolute atomic E-state index is 0.250. The molecule has 0 atom stereocenters. The van der Waals surface area contributed by atoms with Crippen molar-refractivity contribution in [1.29, 1.82) is 0 Å². The van der Waals surface area contributed by atoms with Crippen LogP contribution >= 0.6 is 0 Å². The summed E-state index contributed by atoms with van der Waals surface area (Å²) in [5, 5.41) is 13.9. The van der Waals surface area contributed by atoms with Crippen LogP contribution in [0.25, 0.3) is 0 Å². The molecule has 1 rings (SSSR count). The highest BCUT2D eigenvalue weighted by molar-refractivity contribution is 5.77. The van der Waals surface area contributed by atoms with Gasteiger partial charge in [0, 0.05) is 18.4 Å². The fraction of sp³-hybridized carbons (Fsp3) is 0.200. The summed E-state index contributed by atoms with van der Waals surface area (Å²) in [7, 11) is 1.00. The molecule has 0 heterocycles. The molecule has 0 saturated heterocycles. The van der Waals surface area contributed by atoms with Crippen molar-refractivity contribution in [3.63, 3.8) is 0 Å². The Morgan fingerprint density at radius 1 is 1.20 bits per heavy atom. The van der Waals surface area contributed by atoms with Gasteiger partial charge in [-0.05, 0) is 30.7 Å². The summed E-state index contributed by atoms with van der Waals surface area (Å²) >= 11 is 0. The van der Waals surface area contributed by atoms with Gasteiger partial charge in [-0.25, -0.2) is 0 Å². The number of nitrogen functional groups attached to an aromatic ring is 1. The zero-order valence-electron chi connectivity index (χ0n) is 8.68. The quantitative estimate of drug-likeness (QED) is 0.471. The molecule has 0 bridgehead atoms. The van der Waals surface area contributed by atoms with Gasteiger partial charge in [0.2, 0.25) is 0 Å². The van der Waals surface area contributed by atoms with E-state index in [1.54, 1.807) is 12.1 Å². The van der Waals surface area contributed by atoms with E-state index in [0.29, 0.717) is 11.3 Å². The van der Waals surface area contributed by atoms with Crippen molar-refractivity contribution in [3.05, 3.63) is 29.3 Å². The Hall–Kier alpha value is -1.88. The van der Waals surface area contributed by atoms with Gasteiger partial charge in [0.05, 0.1) is 0 Å². The molecule has 0 aliphatic heterocycles. The van der Waals surface area contributed by atoms with Crippen molar-refractivity contribution in [2.24, 2.45) is 0 Å².